The molecule has 0 spiro atoms. The van der Waals surface area contributed by atoms with E-state index in [0.29, 0.717) is 11.1 Å². The van der Waals surface area contributed by atoms with Gasteiger partial charge in [-0.05, 0) is 86.8 Å². The van der Waals surface area contributed by atoms with Crippen LogP contribution in [0.2, 0.25) is 0 Å². The second-order valence-electron chi connectivity index (χ2n) is 21.3. The van der Waals surface area contributed by atoms with Crippen molar-refractivity contribution in [3.05, 3.63) is 174 Å². The first-order chi connectivity index (χ1) is 40.6. The van der Waals surface area contributed by atoms with Crippen LogP contribution in [-0.2, 0) is 59.1 Å². The van der Waals surface area contributed by atoms with Gasteiger partial charge in [-0.3, -0.25) is 42.7 Å². The third kappa shape index (κ3) is 15.2. The van der Waals surface area contributed by atoms with Crippen LogP contribution in [0.25, 0.3) is 0 Å². The van der Waals surface area contributed by atoms with E-state index in [1.165, 1.54) is 123 Å². The lowest BCUT2D eigenvalue weighted by atomic mass is 10.0. The summed E-state index contributed by atoms with van der Waals surface area (Å²) in [6.07, 6.45) is -3.16. The molecule has 4 heterocycles. The normalized spacial score (nSPS) is 12.6. The molecule has 7 rings (SSSR count). The largest absolute Gasteiger partial charge is 0.467 e. The Morgan fingerprint density at radius 2 is 1.13 bits per heavy atom. The molecule has 4 N–H and O–H groups in total. The van der Waals surface area contributed by atoms with Gasteiger partial charge in [0.25, 0.3) is 35.1 Å². The predicted molar refractivity (Wildman–Crippen MR) is 297 cm³/mol. The van der Waals surface area contributed by atoms with Gasteiger partial charge in [-0.2, -0.15) is 0 Å². The van der Waals surface area contributed by atoms with E-state index in [4.69, 9.17) is 27.8 Å². The van der Waals surface area contributed by atoms with Crippen LogP contribution < -0.4 is 46.5 Å². The second kappa shape index (κ2) is 26.7. The van der Waals surface area contributed by atoms with Crippen LogP contribution in [0, 0.1) is 37.3 Å². The van der Waals surface area contributed by atoms with Gasteiger partial charge >= 0.3 is 35.5 Å². The molecule has 0 bridgehead atoms. The van der Waals surface area contributed by atoms with E-state index in [0.717, 1.165) is 13.8 Å². The number of aryl methyl sites for hydroxylation is 2. The van der Waals surface area contributed by atoms with Gasteiger partial charge in [-0.1, -0.05) is 63.2 Å². The topological polar surface area (TPSA) is 326 Å². The van der Waals surface area contributed by atoms with Crippen molar-refractivity contribution in [2.75, 3.05) is 0 Å². The summed E-state index contributed by atoms with van der Waals surface area (Å²) in [5, 5.41) is 22.6. The van der Waals surface area contributed by atoms with Gasteiger partial charge < -0.3 is 49.0 Å². The number of benzene rings is 3. The number of rotatable bonds is 24. The Labute approximate surface area is 490 Å². The molecular formula is C58H65F2N12O14+. The summed E-state index contributed by atoms with van der Waals surface area (Å²) in [7, 11) is 2.62. The summed E-state index contributed by atoms with van der Waals surface area (Å²) >= 11 is 0. The minimum atomic E-state index is -1.80. The first kappa shape index (κ1) is 63.6. The molecule has 7 aromatic rings. The quantitative estimate of drug-likeness (QED) is 0.0358. The van der Waals surface area contributed by atoms with Gasteiger partial charge in [0.15, 0.2) is 17.9 Å². The number of ether oxygens (including phenoxy) is 4. The molecule has 0 aliphatic heterocycles. The Morgan fingerprint density at radius 1 is 0.640 bits per heavy atom. The predicted octanol–water partition coefficient (Wildman–Crippen LogP) is 4.83. The molecule has 0 aliphatic carbocycles. The molecule has 0 fully saturated rings. The van der Waals surface area contributed by atoms with Gasteiger partial charge in [0.05, 0.1) is 22.6 Å². The number of carbonyl (C=O) groups is 6. The Morgan fingerprint density at radius 3 is 1.59 bits per heavy atom. The molecule has 3 atom stereocenters. The van der Waals surface area contributed by atoms with Crippen LogP contribution in [0.3, 0.4) is 0 Å². The van der Waals surface area contributed by atoms with Crippen molar-refractivity contribution in [3.8, 4) is 11.5 Å². The molecule has 86 heavy (non-hydrogen) atoms. The SMILES string of the molecule is CCC(=O)OC(Oc1c(C(=O)NCc2ccc(F)cc2)nc(C(C)(C)NC(=O)c2oc(C)n[n+]2CC(C)C(OC(=O)c2ccccc2)Oc2c(C(=O)NCc3ccc(F)cc3)nc(C(C)(C)NC(=O)c3nnc(C)o3)n(C)c2=O)n(C)c1=O)C(C)C. The van der Waals surface area contributed by atoms with Crippen LogP contribution >= 0.6 is 0 Å². The molecular weight excluding hydrogens is 1130 g/mol. The highest BCUT2D eigenvalue weighted by Gasteiger charge is 2.41. The second-order valence-corrected chi connectivity index (χ2v) is 21.3. The van der Waals surface area contributed by atoms with Crippen molar-refractivity contribution in [2.24, 2.45) is 25.9 Å². The molecule has 0 aliphatic rings. The number of esters is 2. The molecule has 4 aromatic heterocycles. The highest BCUT2D eigenvalue weighted by molar-refractivity contribution is 5.96. The average Bonchev–Trinajstić information content (AvgIpc) is 2.24. The van der Waals surface area contributed by atoms with Crippen molar-refractivity contribution in [1.82, 2.24) is 55.7 Å². The minimum Gasteiger partial charge on any atom is -0.446 e. The van der Waals surface area contributed by atoms with Gasteiger partial charge in [0.1, 0.15) is 23.3 Å². The van der Waals surface area contributed by atoms with Gasteiger partial charge in [-0.25, -0.2) is 23.5 Å². The first-order valence-electron chi connectivity index (χ1n) is 27.0. The van der Waals surface area contributed by atoms with E-state index < -0.39 is 128 Å². The van der Waals surface area contributed by atoms with E-state index >= 15 is 0 Å². The summed E-state index contributed by atoms with van der Waals surface area (Å²) in [6.45, 7) is 14.6. The molecule has 0 radical (unpaired) electrons. The van der Waals surface area contributed by atoms with Crippen LogP contribution in [0.5, 0.6) is 11.5 Å². The van der Waals surface area contributed by atoms with Gasteiger partial charge in [-0.15, -0.1) is 10.2 Å². The summed E-state index contributed by atoms with van der Waals surface area (Å²) in [6, 6.07) is 18.3. The number of hydrogen-bond donors (Lipinski definition) is 4. The van der Waals surface area contributed by atoms with E-state index in [1.54, 1.807) is 39.0 Å². The fourth-order valence-electron chi connectivity index (χ4n) is 8.53. The standard InChI is InChI=1S/C58H64F2N12O14/c1-13-39(73)83-53(30(2)3)84-42-40(44(74)61-27-34-19-23-37(59)24-20-34)63-56(70(11)49(42)78)58(9,10)66-47(77)51-72(69-33(6)82-51)29-31(4)54(86-52(80)36-17-15-14-16-18-36)85-43-41(45(75)62-28-35-21-25-38(60)26-22-35)64-55(71(12)50(43)79)57(7,8)65-46(76)48-68-67-32(5)81-48/h14-26,30-31,53-54H,13,27-29H2,1-12H3,(H3-,61,62,65,66,74,75,76,77)/p+1. The molecule has 0 saturated carbocycles. The van der Waals surface area contributed by atoms with E-state index in [-0.39, 0.29) is 55.0 Å². The van der Waals surface area contributed by atoms with Crippen LogP contribution in [0.15, 0.2) is 97.3 Å². The Kier molecular flexibility index (Phi) is 19.7. The fourth-order valence-corrected chi connectivity index (χ4v) is 8.53. The van der Waals surface area contributed by atoms with Crippen molar-refractivity contribution < 1.29 is 70.0 Å². The highest BCUT2D eigenvalue weighted by Crippen LogP contribution is 2.27. The molecule has 454 valence electrons. The lowest BCUT2D eigenvalue weighted by Gasteiger charge is -2.29. The van der Waals surface area contributed by atoms with Crippen molar-refractivity contribution in [2.45, 2.75) is 119 Å². The number of amides is 4. The Hall–Kier alpha value is -10.0. The highest BCUT2D eigenvalue weighted by atomic mass is 19.1. The number of hydrogen-bond acceptors (Lipinski definition) is 19. The molecule has 3 aromatic carbocycles. The monoisotopic (exact) mass is 1190 g/mol. The van der Waals surface area contributed by atoms with Crippen molar-refractivity contribution in [3.63, 3.8) is 0 Å². The Bertz CT molecular complexity index is 3790. The van der Waals surface area contributed by atoms with E-state index in [1.807, 2.05) is 0 Å². The lowest BCUT2D eigenvalue weighted by molar-refractivity contribution is -0.762. The fraction of sp³-hybridized carbons (Fsp3) is 0.379. The zero-order valence-electron chi connectivity index (χ0n) is 49.2. The molecule has 0 saturated heterocycles. The Balaban J connectivity index is 1.24. The van der Waals surface area contributed by atoms with Crippen LogP contribution in [-0.4, -0.2) is 82.5 Å². The van der Waals surface area contributed by atoms with Gasteiger partial charge in [0, 0.05) is 58.5 Å². The summed E-state index contributed by atoms with van der Waals surface area (Å²) in [4.78, 5) is 121. The zero-order chi connectivity index (χ0) is 62.9. The third-order valence-corrected chi connectivity index (χ3v) is 13.0. The number of nitrogens with zero attached hydrogens (tertiary/aromatic N) is 8. The summed E-state index contributed by atoms with van der Waals surface area (Å²) < 4.78 is 65.7. The maximum absolute atomic E-state index is 14.8. The number of aromatic nitrogens is 8. The molecule has 28 heteroatoms. The zero-order valence-corrected chi connectivity index (χ0v) is 49.2. The minimum absolute atomic E-state index is 0.0225. The average molecular weight is 1190 g/mol. The van der Waals surface area contributed by atoms with E-state index in [9.17, 15) is 47.1 Å². The maximum Gasteiger partial charge on any atom is 0.467 e. The van der Waals surface area contributed by atoms with E-state index in [2.05, 4.69) is 46.5 Å². The van der Waals surface area contributed by atoms with Crippen LogP contribution in [0.4, 0.5) is 8.78 Å². The maximum atomic E-state index is 14.8. The lowest BCUT2D eigenvalue weighted by Crippen LogP contribution is -2.52. The number of carbonyl (C=O) groups excluding carboxylic acids is 6. The third-order valence-electron chi connectivity index (χ3n) is 13.0. The first-order valence-corrected chi connectivity index (χ1v) is 27.0. The summed E-state index contributed by atoms with van der Waals surface area (Å²) in [5.41, 5.74) is -5.25. The molecule has 26 nitrogen and oxygen atoms in total. The van der Waals surface area contributed by atoms with Crippen molar-refractivity contribution >= 4 is 35.6 Å². The summed E-state index contributed by atoms with van der Waals surface area (Å²) in [5.74, 6) is -10.3. The number of nitrogens with one attached hydrogen (secondary N) is 4. The molecule has 3 unspecified atom stereocenters. The van der Waals surface area contributed by atoms with Crippen LogP contribution in [0.1, 0.15) is 149 Å². The van der Waals surface area contributed by atoms with Crippen molar-refractivity contribution in [1.29, 1.82) is 0 Å². The van der Waals surface area contributed by atoms with Gasteiger partial charge in [0.2, 0.25) is 23.7 Å². The number of halogens is 2. The smallest absolute Gasteiger partial charge is 0.446 e. The molecule has 4 amide bonds.